The molecule has 6 nitrogen and oxygen atoms in total. The van der Waals surface area contributed by atoms with Gasteiger partial charge in [0.15, 0.2) is 0 Å². The fourth-order valence-corrected chi connectivity index (χ4v) is 3.74. The summed E-state index contributed by atoms with van der Waals surface area (Å²) in [5.74, 6) is -0.985. The minimum absolute atomic E-state index is 0.0451. The highest BCUT2D eigenvalue weighted by molar-refractivity contribution is 5.95. The van der Waals surface area contributed by atoms with E-state index >= 15 is 0 Å². The van der Waals surface area contributed by atoms with Gasteiger partial charge in [-0.3, -0.25) is 14.4 Å². The maximum Gasteiger partial charge on any atom is 0.306 e. The van der Waals surface area contributed by atoms with Crippen molar-refractivity contribution in [3.8, 4) is 0 Å². The van der Waals surface area contributed by atoms with Gasteiger partial charge in [0, 0.05) is 31.1 Å². The molecule has 1 aromatic carbocycles. The number of methoxy groups -OCH3 is 1. The molecule has 1 heterocycles. The molecule has 1 aliphatic carbocycles. The number of carbonyl (C=O) groups is 3. The largest absolute Gasteiger partial charge is 0.469 e. The fraction of sp³-hybridized carbons (Fsp3) is 0.526. The van der Waals surface area contributed by atoms with Crippen molar-refractivity contribution in [2.45, 2.75) is 32.1 Å². The first-order valence-corrected chi connectivity index (χ1v) is 8.84. The van der Waals surface area contributed by atoms with Crippen LogP contribution in [0.4, 0.5) is 10.1 Å². The summed E-state index contributed by atoms with van der Waals surface area (Å²) in [6, 6.07) is 5.86. The minimum Gasteiger partial charge on any atom is -0.469 e. The van der Waals surface area contributed by atoms with Gasteiger partial charge in [-0.1, -0.05) is 6.07 Å². The molecule has 0 aromatic heterocycles. The number of carbonyl (C=O) groups excluding carboxylic acids is 3. The number of halogens is 1. The van der Waals surface area contributed by atoms with Gasteiger partial charge in [-0.15, -0.1) is 0 Å². The van der Waals surface area contributed by atoms with Crippen LogP contribution in [0.3, 0.4) is 0 Å². The number of likely N-dealkylation sites (tertiary alicyclic amines) is 1. The molecule has 2 aliphatic rings. The lowest BCUT2D eigenvalue weighted by atomic mass is 9.90. The number of rotatable bonds is 5. The van der Waals surface area contributed by atoms with Crippen molar-refractivity contribution in [2.24, 2.45) is 11.3 Å². The Hall–Kier alpha value is -2.44. The fourth-order valence-electron chi connectivity index (χ4n) is 3.74. The third-order valence-electron chi connectivity index (χ3n) is 5.48. The number of anilines is 1. The standard InChI is InChI=1S/C19H23FN2O4/c1-26-17(24)6-5-16(23)22-9-7-19(8-10-22)12-15(19)18(25)21-14-4-2-3-13(20)11-14/h2-4,11,15H,5-10,12H2,1H3,(H,21,25)/t15-/m0/s1. The van der Waals surface area contributed by atoms with E-state index in [0.29, 0.717) is 18.8 Å². The Morgan fingerprint density at radius 3 is 2.65 bits per heavy atom. The summed E-state index contributed by atoms with van der Waals surface area (Å²) in [7, 11) is 1.31. The normalized spacial score (nSPS) is 20.5. The third kappa shape index (κ3) is 4.03. The van der Waals surface area contributed by atoms with Crippen LogP contribution in [0.5, 0.6) is 0 Å². The zero-order valence-corrected chi connectivity index (χ0v) is 14.8. The van der Waals surface area contributed by atoms with E-state index in [0.717, 1.165) is 19.3 Å². The van der Waals surface area contributed by atoms with Gasteiger partial charge in [0.1, 0.15) is 5.82 Å². The topological polar surface area (TPSA) is 75.7 Å². The maximum atomic E-state index is 13.2. The lowest BCUT2D eigenvalue weighted by Gasteiger charge is -2.33. The quantitative estimate of drug-likeness (QED) is 0.816. The number of nitrogens with one attached hydrogen (secondary N) is 1. The Balaban J connectivity index is 1.47. The Labute approximate surface area is 151 Å². The first-order chi connectivity index (χ1) is 12.4. The molecular weight excluding hydrogens is 339 g/mol. The van der Waals surface area contributed by atoms with Crippen molar-refractivity contribution < 1.29 is 23.5 Å². The van der Waals surface area contributed by atoms with Gasteiger partial charge in [-0.2, -0.15) is 0 Å². The predicted octanol–water partition coefficient (Wildman–Crippen LogP) is 2.35. The lowest BCUT2D eigenvalue weighted by Crippen LogP contribution is -2.40. The van der Waals surface area contributed by atoms with Gasteiger partial charge in [-0.25, -0.2) is 4.39 Å². The highest BCUT2D eigenvalue weighted by atomic mass is 19.1. The first-order valence-electron chi connectivity index (χ1n) is 8.84. The number of piperidine rings is 1. The van der Waals surface area contributed by atoms with Crippen molar-refractivity contribution in [1.29, 1.82) is 0 Å². The van der Waals surface area contributed by atoms with Crippen LogP contribution in [-0.4, -0.2) is 42.9 Å². The van der Waals surface area contributed by atoms with Gasteiger partial charge >= 0.3 is 5.97 Å². The van der Waals surface area contributed by atoms with Crippen LogP contribution < -0.4 is 5.32 Å². The molecular formula is C19H23FN2O4. The second-order valence-corrected chi connectivity index (χ2v) is 7.08. The molecule has 1 aromatic rings. The molecule has 1 aliphatic heterocycles. The summed E-state index contributed by atoms with van der Waals surface area (Å²) in [4.78, 5) is 37.5. The van der Waals surface area contributed by atoms with Gasteiger partial charge in [-0.05, 0) is 42.9 Å². The molecule has 2 amide bonds. The molecule has 140 valence electrons. The molecule has 7 heteroatoms. The second-order valence-electron chi connectivity index (χ2n) is 7.08. The van der Waals surface area contributed by atoms with Crippen molar-refractivity contribution >= 4 is 23.5 Å². The van der Waals surface area contributed by atoms with E-state index < -0.39 is 0 Å². The molecule has 2 fully saturated rings. The average molecular weight is 362 g/mol. The number of hydrogen-bond donors (Lipinski definition) is 1. The van der Waals surface area contributed by atoms with Crippen LogP contribution in [0.15, 0.2) is 24.3 Å². The molecule has 1 spiro atoms. The molecule has 1 N–H and O–H groups in total. The zero-order valence-electron chi connectivity index (χ0n) is 14.8. The maximum absolute atomic E-state index is 13.2. The monoisotopic (exact) mass is 362 g/mol. The SMILES string of the molecule is COC(=O)CCC(=O)N1CCC2(CC1)C[C@H]2C(=O)Nc1cccc(F)c1. The van der Waals surface area contributed by atoms with E-state index in [-0.39, 0.29) is 47.8 Å². The molecule has 0 radical (unpaired) electrons. The Morgan fingerprint density at radius 1 is 1.27 bits per heavy atom. The second kappa shape index (κ2) is 7.43. The van der Waals surface area contributed by atoms with Gasteiger partial charge < -0.3 is 15.0 Å². The Bertz CT molecular complexity index is 713. The Morgan fingerprint density at radius 2 is 2.00 bits per heavy atom. The lowest BCUT2D eigenvalue weighted by molar-refractivity contribution is -0.144. The number of esters is 1. The van der Waals surface area contributed by atoms with E-state index in [1.54, 1.807) is 17.0 Å². The van der Waals surface area contributed by atoms with E-state index in [1.807, 2.05) is 0 Å². The summed E-state index contributed by atoms with van der Waals surface area (Å²) < 4.78 is 17.8. The smallest absolute Gasteiger partial charge is 0.306 e. The number of amides is 2. The molecule has 0 bridgehead atoms. The van der Waals surface area contributed by atoms with E-state index in [2.05, 4.69) is 10.1 Å². The molecule has 26 heavy (non-hydrogen) atoms. The number of nitrogens with zero attached hydrogens (tertiary/aromatic N) is 1. The molecule has 1 saturated heterocycles. The molecule has 0 unspecified atom stereocenters. The number of benzene rings is 1. The van der Waals surface area contributed by atoms with E-state index in [4.69, 9.17) is 0 Å². The summed E-state index contributed by atoms with van der Waals surface area (Å²) in [6.07, 6.45) is 2.60. The van der Waals surface area contributed by atoms with Crippen LogP contribution in [-0.2, 0) is 19.1 Å². The van der Waals surface area contributed by atoms with Crippen LogP contribution in [0, 0.1) is 17.2 Å². The molecule has 3 rings (SSSR count). The van der Waals surface area contributed by atoms with Gasteiger partial charge in [0.2, 0.25) is 11.8 Å². The summed E-state index contributed by atoms with van der Waals surface area (Å²) in [5, 5.41) is 2.78. The van der Waals surface area contributed by atoms with E-state index in [9.17, 15) is 18.8 Å². The average Bonchev–Trinajstić information content (AvgIpc) is 3.33. The van der Waals surface area contributed by atoms with Crippen molar-refractivity contribution in [1.82, 2.24) is 4.90 Å². The van der Waals surface area contributed by atoms with Gasteiger partial charge in [0.05, 0.1) is 13.5 Å². The van der Waals surface area contributed by atoms with Gasteiger partial charge in [0.25, 0.3) is 0 Å². The first kappa shape index (κ1) is 18.4. The molecule has 1 saturated carbocycles. The third-order valence-corrected chi connectivity index (χ3v) is 5.48. The predicted molar refractivity (Wildman–Crippen MR) is 92.6 cm³/mol. The van der Waals surface area contributed by atoms with Crippen molar-refractivity contribution in [2.75, 3.05) is 25.5 Å². The summed E-state index contributed by atoms with van der Waals surface area (Å²) in [6.45, 7) is 1.20. The minimum atomic E-state index is -0.386. The van der Waals surface area contributed by atoms with Crippen molar-refractivity contribution in [3.63, 3.8) is 0 Å². The zero-order chi connectivity index (χ0) is 18.7. The summed E-state index contributed by atoms with van der Waals surface area (Å²) in [5.41, 5.74) is 0.420. The van der Waals surface area contributed by atoms with Crippen molar-refractivity contribution in [3.05, 3.63) is 30.1 Å². The van der Waals surface area contributed by atoms with Crippen LogP contribution in [0.1, 0.15) is 32.1 Å². The van der Waals surface area contributed by atoms with Crippen LogP contribution in [0.2, 0.25) is 0 Å². The van der Waals surface area contributed by atoms with E-state index in [1.165, 1.54) is 19.2 Å². The van der Waals surface area contributed by atoms with Crippen LogP contribution in [0.25, 0.3) is 0 Å². The number of ether oxygens (including phenoxy) is 1. The highest BCUT2D eigenvalue weighted by Crippen LogP contribution is 2.59. The highest BCUT2D eigenvalue weighted by Gasteiger charge is 2.58. The Kier molecular flexibility index (Phi) is 5.25. The molecule has 1 atom stereocenters. The van der Waals surface area contributed by atoms with Crippen LogP contribution >= 0.6 is 0 Å². The number of hydrogen-bond acceptors (Lipinski definition) is 4. The summed E-state index contributed by atoms with van der Waals surface area (Å²) >= 11 is 0.